The van der Waals surface area contributed by atoms with E-state index in [1.54, 1.807) is 0 Å². The van der Waals surface area contributed by atoms with Gasteiger partial charge >= 0.3 is 0 Å². The van der Waals surface area contributed by atoms with Crippen LogP contribution in [0.25, 0.3) is 0 Å². The fourth-order valence-electron chi connectivity index (χ4n) is 3.89. The Labute approximate surface area is 132 Å². The lowest BCUT2D eigenvalue weighted by Gasteiger charge is -2.40. The Morgan fingerprint density at radius 1 is 1.14 bits per heavy atom. The van der Waals surface area contributed by atoms with Crippen LogP contribution in [0.2, 0.25) is 0 Å². The van der Waals surface area contributed by atoms with Gasteiger partial charge in [-0.15, -0.1) is 0 Å². The van der Waals surface area contributed by atoms with E-state index in [0.29, 0.717) is 5.41 Å². The molecule has 1 heterocycles. The number of likely N-dealkylation sites (tertiary alicyclic amines) is 1. The lowest BCUT2D eigenvalue weighted by atomic mass is 9.83. The van der Waals surface area contributed by atoms with Gasteiger partial charge in [-0.05, 0) is 70.6 Å². The lowest BCUT2D eigenvalue weighted by molar-refractivity contribution is 0.103. The van der Waals surface area contributed by atoms with Gasteiger partial charge < -0.3 is 15.1 Å². The molecule has 0 radical (unpaired) electrons. The van der Waals surface area contributed by atoms with Crippen LogP contribution in [-0.4, -0.2) is 62.7 Å². The Morgan fingerprint density at radius 2 is 1.81 bits per heavy atom. The maximum absolute atomic E-state index is 3.77. The summed E-state index contributed by atoms with van der Waals surface area (Å²) in [5.74, 6) is 0.915. The Balaban J connectivity index is 1.75. The first-order valence-corrected chi connectivity index (χ1v) is 9.11. The number of nitrogens with one attached hydrogen (secondary N) is 1. The lowest BCUT2D eigenvalue weighted by Crippen LogP contribution is -2.46. The first-order chi connectivity index (χ1) is 10.0. The number of hydrogen-bond donors (Lipinski definition) is 1. The van der Waals surface area contributed by atoms with E-state index in [1.807, 2.05) is 0 Å². The molecular weight excluding hydrogens is 258 g/mol. The van der Waals surface area contributed by atoms with Crippen molar-refractivity contribution in [2.45, 2.75) is 58.4 Å². The maximum Gasteiger partial charge on any atom is 0.00684 e. The topological polar surface area (TPSA) is 18.5 Å². The van der Waals surface area contributed by atoms with Gasteiger partial charge in [0.2, 0.25) is 0 Å². The third-order valence-corrected chi connectivity index (χ3v) is 5.18. The van der Waals surface area contributed by atoms with E-state index in [-0.39, 0.29) is 0 Å². The van der Waals surface area contributed by atoms with Crippen molar-refractivity contribution in [1.29, 1.82) is 0 Å². The molecule has 2 fully saturated rings. The molecule has 0 bridgehead atoms. The van der Waals surface area contributed by atoms with Gasteiger partial charge in [0, 0.05) is 25.7 Å². The second-order valence-electron chi connectivity index (χ2n) is 8.20. The molecule has 124 valence electrons. The van der Waals surface area contributed by atoms with Crippen LogP contribution in [0.5, 0.6) is 0 Å². The van der Waals surface area contributed by atoms with Crippen molar-refractivity contribution in [1.82, 2.24) is 15.1 Å². The summed E-state index contributed by atoms with van der Waals surface area (Å²) in [7, 11) is 4.41. The third kappa shape index (κ3) is 6.25. The van der Waals surface area contributed by atoms with E-state index in [1.165, 1.54) is 71.2 Å². The van der Waals surface area contributed by atoms with Crippen LogP contribution in [0.1, 0.15) is 52.4 Å². The summed E-state index contributed by atoms with van der Waals surface area (Å²) in [5, 5.41) is 3.77. The normalized spacial score (nSPS) is 24.4. The Bertz CT molecular complexity index is 293. The largest absolute Gasteiger partial charge is 0.313 e. The fourth-order valence-corrected chi connectivity index (χ4v) is 3.89. The average Bonchev–Trinajstić information content (AvgIpc) is 3.23. The first-order valence-electron chi connectivity index (χ1n) is 9.11. The Morgan fingerprint density at radius 3 is 2.33 bits per heavy atom. The van der Waals surface area contributed by atoms with Crippen LogP contribution < -0.4 is 5.32 Å². The van der Waals surface area contributed by atoms with Crippen LogP contribution in [0.4, 0.5) is 0 Å². The van der Waals surface area contributed by atoms with Crippen LogP contribution in [-0.2, 0) is 0 Å². The van der Waals surface area contributed by atoms with Crippen molar-refractivity contribution in [3.05, 3.63) is 0 Å². The fraction of sp³-hybridized carbons (Fsp3) is 1.00. The summed E-state index contributed by atoms with van der Waals surface area (Å²) in [6.45, 7) is 11.2. The summed E-state index contributed by atoms with van der Waals surface area (Å²) < 4.78 is 0. The molecule has 1 N–H and O–H groups in total. The predicted octanol–water partition coefficient (Wildman–Crippen LogP) is 2.82. The van der Waals surface area contributed by atoms with Crippen molar-refractivity contribution < 1.29 is 0 Å². The number of piperidine rings is 1. The highest BCUT2D eigenvalue weighted by Crippen LogP contribution is 2.29. The van der Waals surface area contributed by atoms with Gasteiger partial charge in [-0.25, -0.2) is 0 Å². The zero-order chi connectivity index (χ0) is 15.3. The minimum atomic E-state index is 0.464. The second kappa shape index (κ2) is 7.94. The molecule has 0 aromatic carbocycles. The minimum Gasteiger partial charge on any atom is -0.313 e. The molecule has 1 aliphatic carbocycles. The molecule has 1 saturated carbocycles. The zero-order valence-corrected chi connectivity index (χ0v) is 14.8. The van der Waals surface area contributed by atoms with Crippen LogP contribution in [0, 0.1) is 11.3 Å². The molecule has 1 aliphatic heterocycles. The first kappa shape index (κ1) is 17.2. The van der Waals surface area contributed by atoms with Crippen LogP contribution >= 0.6 is 0 Å². The van der Waals surface area contributed by atoms with E-state index in [2.05, 4.69) is 43.1 Å². The monoisotopic (exact) mass is 295 g/mol. The molecule has 3 nitrogen and oxygen atoms in total. The molecule has 0 aromatic heterocycles. The van der Waals surface area contributed by atoms with Gasteiger partial charge in [0.15, 0.2) is 0 Å². The molecular formula is C18H37N3. The van der Waals surface area contributed by atoms with Crippen molar-refractivity contribution >= 4 is 0 Å². The van der Waals surface area contributed by atoms with Crippen LogP contribution in [0.3, 0.4) is 0 Å². The van der Waals surface area contributed by atoms with E-state index < -0.39 is 0 Å². The van der Waals surface area contributed by atoms with Crippen molar-refractivity contribution in [3.63, 3.8) is 0 Å². The van der Waals surface area contributed by atoms with E-state index in [0.717, 1.165) is 12.0 Å². The van der Waals surface area contributed by atoms with Gasteiger partial charge in [-0.2, -0.15) is 0 Å². The zero-order valence-electron chi connectivity index (χ0n) is 14.8. The molecule has 1 unspecified atom stereocenters. The van der Waals surface area contributed by atoms with Crippen molar-refractivity contribution in [3.8, 4) is 0 Å². The molecule has 1 atom stereocenters. The van der Waals surface area contributed by atoms with E-state index >= 15 is 0 Å². The maximum atomic E-state index is 3.77. The SMILES string of the molecule is CCCC(C)(CNC1CC1)CN1CCC(CN(C)C)CC1. The quantitative estimate of drug-likeness (QED) is 0.706. The smallest absolute Gasteiger partial charge is 0.00684 e. The van der Waals surface area contributed by atoms with E-state index in [4.69, 9.17) is 0 Å². The van der Waals surface area contributed by atoms with Gasteiger partial charge in [-0.3, -0.25) is 0 Å². The van der Waals surface area contributed by atoms with Gasteiger partial charge in [-0.1, -0.05) is 20.3 Å². The number of nitrogens with zero attached hydrogens (tertiary/aromatic N) is 2. The molecule has 2 aliphatic rings. The van der Waals surface area contributed by atoms with Gasteiger partial charge in [0.1, 0.15) is 0 Å². The highest BCUT2D eigenvalue weighted by atomic mass is 15.1. The summed E-state index contributed by atoms with van der Waals surface area (Å²) in [5.41, 5.74) is 0.464. The molecule has 1 saturated heterocycles. The highest BCUT2D eigenvalue weighted by Gasteiger charge is 2.31. The summed E-state index contributed by atoms with van der Waals surface area (Å²) in [6, 6.07) is 0.840. The summed E-state index contributed by atoms with van der Waals surface area (Å²) in [4.78, 5) is 5.08. The molecule has 3 heteroatoms. The number of hydrogen-bond acceptors (Lipinski definition) is 3. The molecule has 0 aromatic rings. The molecule has 21 heavy (non-hydrogen) atoms. The van der Waals surface area contributed by atoms with E-state index in [9.17, 15) is 0 Å². The summed E-state index contributed by atoms with van der Waals surface area (Å²) in [6.07, 6.45) is 8.23. The van der Waals surface area contributed by atoms with Gasteiger partial charge in [0.25, 0.3) is 0 Å². The standard InChI is InChI=1S/C18H37N3/c1-5-10-18(2,14-19-17-6-7-17)15-21-11-8-16(9-12-21)13-20(3)4/h16-17,19H,5-15H2,1-4H3. The molecule has 0 spiro atoms. The Hall–Kier alpha value is -0.120. The molecule has 0 amide bonds. The third-order valence-electron chi connectivity index (χ3n) is 5.18. The van der Waals surface area contributed by atoms with Crippen LogP contribution in [0.15, 0.2) is 0 Å². The number of rotatable bonds is 9. The summed E-state index contributed by atoms with van der Waals surface area (Å²) >= 11 is 0. The Kier molecular flexibility index (Phi) is 6.51. The molecule has 2 rings (SSSR count). The average molecular weight is 296 g/mol. The highest BCUT2D eigenvalue weighted by molar-refractivity contribution is 4.88. The van der Waals surface area contributed by atoms with Crippen molar-refractivity contribution in [2.75, 3.05) is 46.8 Å². The minimum absolute atomic E-state index is 0.464. The second-order valence-corrected chi connectivity index (χ2v) is 8.20. The predicted molar refractivity (Wildman–Crippen MR) is 91.8 cm³/mol. The van der Waals surface area contributed by atoms with Crippen molar-refractivity contribution in [2.24, 2.45) is 11.3 Å². The van der Waals surface area contributed by atoms with Gasteiger partial charge in [0.05, 0.1) is 0 Å².